The molecule has 1 unspecified atom stereocenters. The van der Waals surface area contributed by atoms with Crippen molar-refractivity contribution in [1.82, 2.24) is 5.32 Å². The molecule has 1 heterocycles. The Morgan fingerprint density at radius 3 is 2.75 bits per heavy atom. The number of rotatable bonds is 2. The lowest BCUT2D eigenvalue weighted by Gasteiger charge is -2.31. The normalized spacial score (nSPS) is 32.8. The van der Waals surface area contributed by atoms with Gasteiger partial charge >= 0.3 is 0 Å². The molecule has 0 aromatic rings. The van der Waals surface area contributed by atoms with Crippen LogP contribution >= 0.6 is 0 Å². The molecule has 1 atom stereocenters. The summed E-state index contributed by atoms with van der Waals surface area (Å²) in [6.45, 7) is 5.40. The molecule has 1 spiro atoms. The molecule has 1 aliphatic heterocycles. The molecule has 1 saturated carbocycles. The van der Waals surface area contributed by atoms with Crippen LogP contribution in [0.3, 0.4) is 0 Å². The van der Waals surface area contributed by atoms with Gasteiger partial charge in [-0.05, 0) is 25.7 Å². The highest BCUT2D eigenvalue weighted by Crippen LogP contribution is 2.46. The molecule has 2 heteroatoms. The third-order valence-corrected chi connectivity index (χ3v) is 2.87. The highest BCUT2D eigenvalue weighted by molar-refractivity contribution is 5.01. The van der Waals surface area contributed by atoms with E-state index >= 15 is 0 Å². The summed E-state index contributed by atoms with van der Waals surface area (Å²) in [5.74, 6) is 0. The van der Waals surface area contributed by atoms with E-state index in [4.69, 9.17) is 4.74 Å². The number of nitrogens with one attached hydrogen (secondary N) is 1. The van der Waals surface area contributed by atoms with Crippen LogP contribution < -0.4 is 5.32 Å². The second kappa shape index (κ2) is 3.00. The van der Waals surface area contributed by atoms with Gasteiger partial charge in [-0.2, -0.15) is 0 Å². The lowest BCUT2D eigenvalue weighted by Crippen LogP contribution is -2.42. The molecule has 1 saturated heterocycles. The monoisotopic (exact) mass is 169 g/mol. The zero-order valence-electron chi connectivity index (χ0n) is 8.10. The first kappa shape index (κ1) is 8.52. The van der Waals surface area contributed by atoms with Gasteiger partial charge < -0.3 is 10.1 Å². The molecule has 2 nitrogen and oxygen atoms in total. The fraction of sp³-hybridized carbons (Fsp3) is 1.00. The molecule has 2 fully saturated rings. The summed E-state index contributed by atoms with van der Waals surface area (Å²) in [4.78, 5) is 0. The molecule has 1 aliphatic carbocycles. The SMILES string of the molecule is CC(C)NC1CCOC2(CC2)C1. The van der Waals surface area contributed by atoms with Crippen LogP contribution in [0.4, 0.5) is 0 Å². The first-order valence-electron chi connectivity index (χ1n) is 5.10. The first-order valence-corrected chi connectivity index (χ1v) is 5.10. The predicted molar refractivity (Wildman–Crippen MR) is 49.2 cm³/mol. The van der Waals surface area contributed by atoms with Crippen LogP contribution in [-0.4, -0.2) is 24.3 Å². The third kappa shape index (κ3) is 1.80. The zero-order chi connectivity index (χ0) is 8.60. The standard InChI is InChI=1S/C10H19NO/c1-8(2)11-9-3-6-12-10(7-9)4-5-10/h8-9,11H,3-7H2,1-2H3. The van der Waals surface area contributed by atoms with Gasteiger partial charge in [0.2, 0.25) is 0 Å². The van der Waals surface area contributed by atoms with E-state index in [1.807, 2.05) is 0 Å². The summed E-state index contributed by atoms with van der Waals surface area (Å²) in [5, 5.41) is 3.60. The van der Waals surface area contributed by atoms with Crippen LogP contribution in [0.25, 0.3) is 0 Å². The van der Waals surface area contributed by atoms with Crippen LogP contribution in [0.2, 0.25) is 0 Å². The van der Waals surface area contributed by atoms with Gasteiger partial charge in [-0.1, -0.05) is 13.8 Å². The highest BCUT2D eigenvalue weighted by Gasteiger charge is 2.47. The zero-order valence-corrected chi connectivity index (χ0v) is 8.10. The molecule has 2 rings (SSSR count). The quantitative estimate of drug-likeness (QED) is 0.679. The minimum absolute atomic E-state index is 0.324. The van der Waals surface area contributed by atoms with Crippen LogP contribution in [0.15, 0.2) is 0 Å². The minimum Gasteiger partial charge on any atom is -0.375 e. The van der Waals surface area contributed by atoms with Crippen molar-refractivity contribution in [2.75, 3.05) is 6.61 Å². The second-order valence-corrected chi connectivity index (χ2v) is 4.54. The third-order valence-electron chi connectivity index (χ3n) is 2.87. The molecule has 2 aliphatic rings. The smallest absolute Gasteiger partial charge is 0.0699 e. The van der Waals surface area contributed by atoms with Gasteiger partial charge in [0.15, 0.2) is 0 Å². The fourth-order valence-corrected chi connectivity index (χ4v) is 2.13. The molecule has 12 heavy (non-hydrogen) atoms. The van der Waals surface area contributed by atoms with Crippen molar-refractivity contribution in [3.8, 4) is 0 Å². The molecule has 0 aromatic carbocycles. The van der Waals surface area contributed by atoms with Crippen molar-refractivity contribution in [2.24, 2.45) is 0 Å². The molecule has 1 N–H and O–H groups in total. The van der Waals surface area contributed by atoms with Gasteiger partial charge in [0.1, 0.15) is 0 Å². The van der Waals surface area contributed by atoms with Crippen LogP contribution in [0.5, 0.6) is 0 Å². The Balaban J connectivity index is 1.83. The Labute approximate surface area is 74.7 Å². The van der Waals surface area contributed by atoms with Gasteiger partial charge in [0, 0.05) is 18.7 Å². The van der Waals surface area contributed by atoms with Crippen LogP contribution in [0.1, 0.15) is 39.5 Å². The van der Waals surface area contributed by atoms with Crippen molar-refractivity contribution in [2.45, 2.75) is 57.2 Å². The van der Waals surface area contributed by atoms with Gasteiger partial charge in [-0.25, -0.2) is 0 Å². The van der Waals surface area contributed by atoms with Crippen molar-refractivity contribution in [3.05, 3.63) is 0 Å². The Kier molecular flexibility index (Phi) is 2.13. The average molecular weight is 169 g/mol. The van der Waals surface area contributed by atoms with Crippen molar-refractivity contribution >= 4 is 0 Å². The molecular formula is C10H19NO. The van der Waals surface area contributed by atoms with E-state index in [0.29, 0.717) is 17.7 Å². The lowest BCUT2D eigenvalue weighted by atomic mass is 10.0. The maximum Gasteiger partial charge on any atom is 0.0699 e. The topological polar surface area (TPSA) is 21.3 Å². The molecule has 0 amide bonds. The minimum atomic E-state index is 0.324. The number of ether oxygens (including phenoxy) is 1. The van der Waals surface area contributed by atoms with Gasteiger partial charge in [0.05, 0.1) is 5.60 Å². The number of hydrogen-bond donors (Lipinski definition) is 1. The van der Waals surface area contributed by atoms with E-state index < -0.39 is 0 Å². The maximum absolute atomic E-state index is 5.75. The summed E-state index contributed by atoms with van der Waals surface area (Å²) < 4.78 is 5.75. The maximum atomic E-state index is 5.75. The average Bonchev–Trinajstić information content (AvgIpc) is 2.68. The van der Waals surface area contributed by atoms with E-state index in [1.165, 1.54) is 25.7 Å². The van der Waals surface area contributed by atoms with Crippen molar-refractivity contribution in [3.63, 3.8) is 0 Å². The Morgan fingerprint density at radius 1 is 1.42 bits per heavy atom. The lowest BCUT2D eigenvalue weighted by molar-refractivity contribution is -0.0189. The van der Waals surface area contributed by atoms with Gasteiger partial charge in [-0.15, -0.1) is 0 Å². The van der Waals surface area contributed by atoms with Crippen LogP contribution in [-0.2, 0) is 4.74 Å². The summed E-state index contributed by atoms with van der Waals surface area (Å²) >= 11 is 0. The second-order valence-electron chi connectivity index (χ2n) is 4.54. The van der Waals surface area contributed by atoms with E-state index in [2.05, 4.69) is 19.2 Å². The summed E-state index contributed by atoms with van der Waals surface area (Å²) in [6.07, 6.45) is 5.03. The molecule has 0 aromatic heterocycles. The van der Waals surface area contributed by atoms with E-state index in [1.54, 1.807) is 0 Å². The first-order chi connectivity index (χ1) is 5.70. The van der Waals surface area contributed by atoms with Crippen LogP contribution in [0, 0.1) is 0 Å². The van der Waals surface area contributed by atoms with E-state index in [9.17, 15) is 0 Å². The van der Waals surface area contributed by atoms with Crippen molar-refractivity contribution < 1.29 is 4.74 Å². The molecule has 0 radical (unpaired) electrons. The Bertz CT molecular complexity index is 163. The summed E-state index contributed by atoms with van der Waals surface area (Å²) in [6, 6.07) is 1.32. The van der Waals surface area contributed by atoms with E-state index in [0.717, 1.165) is 6.61 Å². The predicted octanol–water partition coefficient (Wildman–Crippen LogP) is 1.70. The highest BCUT2D eigenvalue weighted by atomic mass is 16.5. The molecule has 0 bridgehead atoms. The van der Waals surface area contributed by atoms with Gasteiger partial charge in [0.25, 0.3) is 0 Å². The van der Waals surface area contributed by atoms with Gasteiger partial charge in [-0.3, -0.25) is 0 Å². The fourth-order valence-electron chi connectivity index (χ4n) is 2.13. The van der Waals surface area contributed by atoms with Crippen molar-refractivity contribution in [1.29, 1.82) is 0 Å². The largest absolute Gasteiger partial charge is 0.375 e. The Hall–Kier alpha value is -0.0800. The Morgan fingerprint density at radius 2 is 2.17 bits per heavy atom. The molecular weight excluding hydrogens is 150 g/mol. The summed E-state index contributed by atoms with van der Waals surface area (Å²) in [7, 11) is 0. The van der Waals surface area contributed by atoms with E-state index in [-0.39, 0.29) is 0 Å². The number of hydrogen-bond acceptors (Lipinski definition) is 2. The summed E-state index contributed by atoms with van der Waals surface area (Å²) in [5.41, 5.74) is 0.324. The molecule has 70 valence electrons.